The van der Waals surface area contributed by atoms with Crippen LogP contribution in [0.5, 0.6) is 0 Å². The molecule has 2 bridgehead atoms. The Kier molecular flexibility index (Phi) is 2.66. The van der Waals surface area contributed by atoms with Gasteiger partial charge in [-0.15, -0.1) is 0 Å². The van der Waals surface area contributed by atoms with Gasteiger partial charge in [0.05, 0.1) is 0 Å². The molecule has 3 fully saturated rings. The summed E-state index contributed by atoms with van der Waals surface area (Å²) in [7, 11) is 0. The van der Waals surface area contributed by atoms with Crippen molar-refractivity contribution in [3.05, 3.63) is 18.8 Å². The fourth-order valence-electron chi connectivity index (χ4n) is 3.00. The molecule has 3 saturated carbocycles. The van der Waals surface area contributed by atoms with Crippen LogP contribution in [0.25, 0.3) is 0 Å². The normalized spacial score (nSPS) is 35.8. The van der Waals surface area contributed by atoms with Gasteiger partial charge >= 0.3 is 0 Å². The molecule has 0 N–H and O–H groups in total. The van der Waals surface area contributed by atoms with Crippen molar-refractivity contribution in [2.75, 3.05) is 0 Å². The quantitative estimate of drug-likeness (QED) is 0.630. The lowest BCUT2D eigenvalue weighted by Gasteiger charge is -2.60. The first-order chi connectivity index (χ1) is 6.51. The van der Waals surface area contributed by atoms with Gasteiger partial charge in [-0.3, -0.25) is 0 Å². The summed E-state index contributed by atoms with van der Waals surface area (Å²) in [6.45, 7) is 9.49. The lowest BCUT2D eigenvalue weighted by atomic mass is 9.45. The van der Waals surface area contributed by atoms with Gasteiger partial charge < -0.3 is 0 Å². The molecular formula is C14H23. The summed E-state index contributed by atoms with van der Waals surface area (Å²) in [6.07, 6.45) is 9.02. The molecule has 0 heterocycles. The molecule has 0 aromatic heterocycles. The monoisotopic (exact) mass is 191 g/mol. The van der Waals surface area contributed by atoms with E-state index < -0.39 is 0 Å². The highest BCUT2D eigenvalue weighted by Crippen LogP contribution is 2.62. The van der Waals surface area contributed by atoms with Gasteiger partial charge in [-0.25, -0.2) is 0 Å². The zero-order chi connectivity index (χ0) is 10.3. The van der Waals surface area contributed by atoms with Crippen LogP contribution in [0.3, 0.4) is 0 Å². The predicted molar refractivity (Wildman–Crippen MR) is 61.3 cm³/mol. The van der Waals surface area contributed by atoms with E-state index in [2.05, 4.69) is 40.5 Å². The van der Waals surface area contributed by atoms with Gasteiger partial charge in [0.25, 0.3) is 0 Å². The van der Waals surface area contributed by atoms with Crippen LogP contribution in [-0.2, 0) is 0 Å². The molecule has 3 rings (SSSR count). The highest BCUT2D eigenvalue weighted by Gasteiger charge is 2.54. The summed E-state index contributed by atoms with van der Waals surface area (Å²) in [5.74, 6) is 4.31. The van der Waals surface area contributed by atoms with Gasteiger partial charge in [-0.05, 0) is 61.2 Å². The first-order valence-corrected chi connectivity index (χ1v) is 6.05. The molecule has 3 aliphatic rings. The Balaban J connectivity index is 1.88. The van der Waals surface area contributed by atoms with Crippen LogP contribution >= 0.6 is 0 Å². The maximum absolute atomic E-state index is 2.49. The zero-order valence-corrected chi connectivity index (χ0v) is 10.0. The van der Waals surface area contributed by atoms with Crippen molar-refractivity contribution in [3.63, 3.8) is 0 Å². The summed E-state index contributed by atoms with van der Waals surface area (Å²) >= 11 is 0. The molecule has 0 aliphatic heterocycles. The van der Waals surface area contributed by atoms with Crippen molar-refractivity contribution in [3.8, 4) is 0 Å². The van der Waals surface area contributed by atoms with Crippen molar-refractivity contribution in [1.82, 2.24) is 0 Å². The fraction of sp³-hybridized carbons (Fsp3) is 0.786. The molecule has 3 aliphatic carbocycles. The van der Waals surface area contributed by atoms with Crippen LogP contribution in [0.2, 0.25) is 0 Å². The van der Waals surface area contributed by atoms with Crippen LogP contribution in [-0.4, -0.2) is 0 Å². The zero-order valence-electron chi connectivity index (χ0n) is 10.0. The van der Waals surface area contributed by atoms with E-state index in [-0.39, 0.29) is 0 Å². The highest BCUT2D eigenvalue weighted by molar-refractivity contribution is 5.29. The molecule has 0 spiro atoms. The van der Waals surface area contributed by atoms with Crippen LogP contribution in [0.4, 0.5) is 0 Å². The van der Waals surface area contributed by atoms with E-state index in [9.17, 15) is 0 Å². The smallest absolute Gasteiger partial charge is 0.0137 e. The first-order valence-electron chi connectivity index (χ1n) is 6.05. The second-order valence-electron chi connectivity index (χ2n) is 6.08. The lowest BCUT2D eigenvalue weighted by molar-refractivity contribution is -0.0281. The molecular weight excluding hydrogens is 168 g/mol. The molecule has 14 heavy (non-hydrogen) atoms. The minimum atomic E-state index is 0.595. The molecule has 79 valence electrons. The van der Waals surface area contributed by atoms with E-state index in [0.29, 0.717) is 5.41 Å². The number of hydrogen-bond donors (Lipinski definition) is 0. The highest BCUT2D eigenvalue weighted by atomic mass is 14.6. The Morgan fingerprint density at radius 2 is 2.21 bits per heavy atom. The molecule has 0 heteroatoms. The molecule has 0 nitrogen and oxygen atoms in total. The second-order valence-corrected chi connectivity index (χ2v) is 6.08. The molecule has 3 radical (unpaired) electrons. The fourth-order valence-corrected chi connectivity index (χ4v) is 3.00. The van der Waals surface area contributed by atoms with Crippen molar-refractivity contribution in [2.45, 2.75) is 47.0 Å². The molecule has 0 saturated heterocycles. The van der Waals surface area contributed by atoms with E-state index in [1.165, 1.54) is 19.3 Å². The van der Waals surface area contributed by atoms with Crippen LogP contribution < -0.4 is 0 Å². The maximum Gasteiger partial charge on any atom is -0.0137 e. The lowest BCUT2D eigenvalue weighted by Crippen LogP contribution is -2.51. The average molecular weight is 191 g/mol. The van der Waals surface area contributed by atoms with Gasteiger partial charge in [0.1, 0.15) is 0 Å². The number of rotatable bonds is 3. The second kappa shape index (κ2) is 3.54. The summed E-state index contributed by atoms with van der Waals surface area (Å²) in [5, 5.41) is 0. The molecule has 0 aromatic rings. The average Bonchev–Trinajstić information content (AvgIpc) is 2.14. The van der Waals surface area contributed by atoms with Crippen LogP contribution in [0.1, 0.15) is 47.0 Å². The Hall–Kier alpha value is 0. The van der Waals surface area contributed by atoms with E-state index in [1.807, 2.05) is 0 Å². The largest absolute Gasteiger partial charge is 0.0628 e. The van der Waals surface area contributed by atoms with E-state index in [0.717, 1.165) is 17.8 Å². The van der Waals surface area contributed by atoms with Gasteiger partial charge in [0, 0.05) is 0 Å². The maximum atomic E-state index is 2.49. The Morgan fingerprint density at radius 3 is 2.71 bits per heavy atom. The van der Waals surface area contributed by atoms with Crippen molar-refractivity contribution in [1.29, 1.82) is 0 Å². The SMILES string of the molecule is CC(C)C[CH][C]1[CH]C[C@H]2C[C@@H]1C2(C)C. The third-order valence-electron chi connectivity index (χ3n) is 4.34. The summed E-state index contributed by atoms with van der Waals surface area (Å²) < 4.78 is 0. The van der Waals surface area contributed by atoms with Gasteiger partial charge in [-0.2, -0.15) is 0 Å². The van der Waals surface area contributed by atoms with Gasteiger partial charge in [-0.1, -0.05) is 27.7 Å². The summed E-state index contributed by atoms with van der Waals surface area (Å²) in [4.78, 5) is 0. The van der Waals surface area contributed by atoms with Crippen LogP contribution in [0.15, 0.2) is 0 Å². The van der Waals surface area contributed by atoms with Crippen molar-refractivity contribution >= 4 is 0 Å². The van der Waals surface area contributed by atoms with E-state index in [4.69, 9.17) is 0 Å². The Labute approximate surface area is 89.5 Å². The number of hydrogen-bond acceptors (Lipinski definition) is 0. The van der Waals surface area contributed by atoms with Crippen LogP contribution in [0, 0.1) is 41.9 Å². The first kappa shape index (κ1) is 10.5. The summed E-state index contributed by atoms with van der Waals surface area (Å²) in [5.41, 5.74) is 0.595. The Bertz CT molecular complexity index is 200. The molecule has 0 unspecified atom stereocenters. The molecule has 0 amide bonds. The van der Waals surface area contributed by atoms with Crippen molar-refractivity contribution < 1.29 is 0 Å². The molecule has 0 aromatic carbocycles. The third-order valence-corrected chi connectivity index (χ3v) is 4.34. The minimum Gasteiger partial charge on any atom is -0.0628 e. The minimum absolute atomic E-state index is 0.595. The van der Waals surface area contributed by atoms with E-state index in [1.54, 1.807) is 5.92 Å². The number of fused-ring (bicyclic) bond motifs is 2. The standard InChI is InChI=1S/C14H23/c1-10(2)5-6-11-7-8-12-9-13(11)14(12,3)4/h6-7,10,12-13H,5,8-9H2,1-4H3/t12-,13-/m0/s1. The van der Waals surface area contributed by atoms with Gasteiger partial charge in [0.2, 0.25) is 0 Å². The Morgan fingerprint density at radius 1 is 1.50 bits per heavy atom. The molecule has 2 atom stereocenters. The third kappa shape index (κ3) is 1.61. The predicted octanol–water partition coefficient (Wildman–Crippen LogP) is 4.08. The van der Waals surface area contributed by atoms with Crippen molar-refractivity contribution in [2.24, 2.45) is 23.2 Å². The topological polar surface area (TPSA) is 0 Å². The summed E-state index contributed by atoms with van der Waals surface area (Å²) in [6, 6.07) is 0. The van der Waals surface area contributed by atoms with Gasteiger partial charge in [0.15, 0.2) is 0 Å². The van der Waals surface area contributed by atoms with E-state index >= 15 is 0 Å².